The van der Waals surface area contributed by atoms with Crippen molar-refractivity contribution in [2.45, 2.75) is 27.2 Å². The number of hydrogen-bond acceptors (Lipinski definition) is 4. The van der Waals surface area contributed by atoms with Crippen molar-refractivity contribution in [2.24, 2.45) is 5.41 Å². The van der Waals surface area contributed by atoms with Crippen LogP contribution in [0.4, 0.5) is 0 Å². The number of hydrogen-bond donors (Lipinski definition) is 1. The van der Waals surface area contributed by atoms with Gasteiger partial charge in [-0.1, -0.05) is 13.8 Å². The quantitative estimate of drug-likeness (QED) is 0.745. The summed E-state index contributed by atoms with van der Waals surface area (Å²) in [6.07, 6.45) is 1.03. The molecule has 0 aliphatic carbocycles. The number of nitrogens with zero attached hydrogens (tertiary/aromatic N) is 1. The highest BCUT2D eigenvalue weighted by Crippen LogP contribution is 2.22. The first-order valence-electron chi connectivity index (χ1n) is 5.64. The molecule has 1 rings (SSSR count). The van der Waals surface area contributed by atoms with E-state index in [2.05, 4.69) is 29.5 Å². The van der Waals surface area contributed by atoms with Crippen molar-refractivity contribution in [3.63, 3.8) is 0 Å². The Morgan fingerprint density at radius 1 is 1.50 bits per heavy atom. The van der Waals surface area contributed by atoms with Gasteiger partial charge in [0, 0.05) is 37.7 Å². The summed E-state index contributed by atoms with van der Waals surface area (Å²) in [6, 6.07) is 0. The topological polar surface area (TPSA) is 34.1 Å². The molecule has 0 spiro atoms. The van der Waals surface area contributed by atoms with Crippen LogP contribution in [0.2, 0.25) is 0 Å². The average molecular weight is 242 g/mol. The third-order valence-corrected chi connectivity index (χ3v) is 3.35. The van der Waals surface area contributed by atoms with Crippen LogP contribution in [0, 0.1) is 12.3 Å². The SMILES string of the molecule is COCCNCC(C)(C)Cc1nc(C)cs1. The van der Waals surface area contributed by atoms with Gasteiger partial charge in [0.2, 0.25) is 0 Å². The smallest absolute Gasteiger partial charge is 0.0933 e. The molecule has 0 aromatic carbocycles. The summed E-state index contributed by atoms with van der Waals surface area (Å²) in [5.74, 6) is 0. The molecule has 1 aromatic heterocycles. The van der Waals surface area contributed by atoms with E-state index < -0.39 is 0 Å². The van der Waals surface area contributed by atoms with Gasteiger partial charge in [-0.2, -0.15) is 0 Å². The first-order valence-corrected chi connectivity index (χ1v) is 6.52. The van der Waals surface area contributed by atoms with Crippen LogP contribution in [-0.2, 0) is 11.2 Å². The Bertz CT molecular complexity index is 310. The van der Waals surface area contributed by atoms with E-state index in [-0.39, 0.29) is 5.41 Å². The molecule has 0 bridgehead atoms. The van der Waals surface area contributed by atoms with E-state index in [1.807, 2.05) is 6.92 Å². The fraction of sp³-hybridized carbons (Fsp3) is 0.750. The van der Waals surface area contributed by atoms with Crippen LogP contribution in [0.5, 0.6) is 0 Å². The lowest BCUT2D eigenvalue weighted by molar-refractivity contribution is 0.194. The Morgan fingerprint density at radius 2 is 2.25 bits per heavy atom. The molecule has 1 heterocycles. The predicted molar refractivity (Wildman–Crippen MR) is 69.1 cm³/mol. The van der Waals surface area contributed by atoms with Crippen molar-refractivity contribution in [1.82, 2.24) is 10.3 Å². The van der Waals surface area contributed by atoms with Gasteiger partial charge >= 0.3 is 0 Å². The minimum absolute atomic E-state index is 0.248. The van der Waals surface area contributed by atoms with Gasteiger partial charge in [0.05, 0.1) is 11.6 Å². The van der Waals surface area contributed by atoms with Gasteiger partial charge in [-0.25, -0.2) is 4.98 Å². The summed E-state index contributed by atoms with van der Waals surface area (Å²) in [4.78, 5) is 4.51. The molecule has 0 saturated carbocycles. The van der Waals surface area contributed by atoms with E-state index in [1.165, 1.54) is 5.01 Å². The predicted octanol–water partition coefficient (Wildman–Crippen LogP) is 2.26. The third kappa shape index (κ3) is 5.05. The Hall–Kier alpha value is -0.450. The third-order valence-electron chi connectivity index (χ3n) is 2.38. The van der Waals surface area contributed by atoms with Crippen LogP contribution in [-0.4, -0.2) is 31.8 Å². The number of rotatable bonds is 7. The van der Waals surface area contributed by atoms with E-state index in [4.69, 9.17) is 4.74 Å². The molecule has 0 aliphatic heterocycles. The summed E-state index contributed by atoms with van der Waals surface area (Å²) in [6.45, 7) is 9.26. The van der Waals surface area contributed by atoms with E-state index in [0.717, 1.165) is 31.8 Å². The minimum Gasteiger partial charge on any atom is -0.383 e. The summed E-state index contributed by atoms with van der Waals surface area (Å²) < 4.78 is 5.01. The summed E-state index contributed by atoms with van der Waals surface area (Å²) in [5, 5.41) is 6.75. The normalized spacial score (nSPS) is 12.0. The molecule has 1 N–H and O–H groups in total. The van der Waals surface area contributed by atoms with Gasteiger partial charge in [-0.15, -0.1) is 11.3 Å². The molecule has 4 heteroatoms. The molecule has 0 amide bonds. The fourth-order valence-corrected chi connectivity index (χ4v) is 2.59. The first kappa shape index (κ1) is 13.6. The molecule has 3 nitrogen and oxygen atoms in total. The Kier molecular flexibility index (Phi) is 5.38. The highest BCUT2D eigenvalue weighted by Gasteiger charge is 2.19. The van der Waals surface area contributed by atoms with Crippen LogP contribution >= 0.6 is 11.3 Å². The van der Waals surface area contributed by atoms with Crippen LogP contribution in [0.3, 0.4) is 0 Å². The average Bonchev–Trinajstić information content (AvgIpc) is 2.58. The summed E-state index contributed by atoms with van der Waals surface area (Å²) >= 11 is 1.76. The van der Waals surface area contributed by atoms with E-state index in [1.54, 1.807) is 18.4 Å². The number of thiazole rings is 1. The number of aryl methyl sites for hydroxylation is 1. The van der Waals surface area contributed by atoms with Crippen molar-refractivity contribution in [3.8, 4) is 0 Å². The molecule has 0 fully saturated rings. The van der Waals surface area contributed by atoms with Gasteiger partial charge in [-0.3, -0.25) is 0 Å². The van der Waals surface area contributed by atoms with Gasteiger partial charge in [0.15, 0.2) is 0 Å². The number of aromatic nitrogens is 1. The first-order chi connectivity index (χ1) is 7.53. The van der Waals surface area contributed by atoms with Gasteiger partial charge in [-0.05, 0) is 12.3 Å². The summed E-state index contributed by atoms with van der Waals surface area (Å²) in [7, 11) is 1.73. The molecule has 1 aromatic rings. The van der Waals surface area contributed by atoms with E-state index in [0.29, 0.717) is 0 Å². The fourth-order valence-electron chi connectivity index (χ4n) is 1.56. The molecule has 0 unspecified atom stereocenters. The molecule has 16 heavy (non-hydrogen) atoms. The van der Waals surface area contributed by atoms with Crippen LogP contribution in [0.1, 0.15) is 24.5 Å². The highest BCUT2D eigenvalue weighted by atomic mass is 32.1. The lowest BCUT2D eigenvalue weighted by Crippen LogP contribution is -2.33. The summed E-state index contributed by atoms with van der Waals surface area (Å²) in [5.41, 5.74) is 1.38. The van der Waals surface area contributed by atoms with Gasteiger partial charge in [0.25, 0.3) is 0 Å². The second-order valence-corrected chi connectivity index (χ2v) is 5.84. The largest absolute Gasteiger partial charge is 0.383 e. The number of methoxy groups -OCH3 is 1. The standard InChI is InChI=1S/C12H22N2OS/c1-10-8-16-11(14-10)7-12(2,3)9-13-5-6-15-4/h8,13H,5-7,9H2,1-4H3. The van der Waals surface area contributed by atoms with Gasteiger partial charge < -0.3 is 10.1 Å². The molecule has 0 saturated heterocycles. The second-order valence-electron chi connectivity index (χ2n) is 4.89. The van der Waals surface area contributed by atoms with Crippen molar-refractivity contribution in [1.29, 1.82) is 0 Å². The van der Waals surface area contributed by atoms with E-state index in [9.17, 15) is 0 Å². The zero-order chi connectivity index (χ0) is 12.0. The maximum absolute atomic E-state index is 5.01. The molecule has 0 atom stereocenters. The maximum atomic E-state index is 5.01. The Balaban J connectivity index is 2.33. The Morgan fingerprint density at radius 3 is 2.81 bits per heavy atom. The highest BCUT2D eigenvalue weighted by molar-refractivity contribution is 7.09. The van der Waals surface area contributed by atoms with Gasteiger partial charge in [0.1, 0.15) is 0 Å². The zero-order valence-electron chi connectivity index (χ0n) is 10.7. The number of ether oxygens (including phenoxy) is 1. The monoisotopic (exact) mass is 242 g/mol. The lowest BCUT2D eigenvalue weighted by Gasteiger charge is -2.23. The van der Waals surface area contributed by atoms with Crippen molar-refractivity contribution in [3.05, 3.63) is 16.1 Å². The zero-order valence-corrected chi connectivity index (χ0v) is 11.5. The molecule has 0 aliphatic rings. The van der Waals surface area contributed by atoms with Crippen molar-refractivity contribution < 1.29 is 4.74 Å². The molecular formula is C12H22N2OS. The minimum atomic E-state index is 0.248. The van der Waals surface area contributed by atoms with E-state index >= 15 is 0 Å². The van der Waals surface area contributed by atoms with Crippen LogP contribution in [0.25, 0.3) is 0 Å². The van der Waals surface area contributed by atoms with Crippen LogP contribution < -0.4 is 5.32 Å². The number of nitrogens with one attached hydrogen (secondary N) is 1. The Labute approximate surface area is 102 Å². The molecule has 92 valence electrons. The maximum Gasteiger partial charge on any atom is 0.0933 e. The van der Waals surface area contributed by atoms with Crippen molar-refractivity contribution in [2.75, 3.05) is 26.8 Å². The molecule has 0 radical (unpaired) electrons. The van der Waals surface area contributed by atoms with Crippen LogP contribution in [0.15, 0.2) is 5.38 Å². The van der Waals surface area contributed by atoms with Crippen molar-refractivity contribution >= 4 is 11.3 Å². The lowest BCUT2D eigenvalue weighted by atomic mass is 9.89. The molecular weight excluding hydrogens is 220 g/mol. The second kappa shape index (κ2) is 6.33.